The molecule has 0 radical (unpaired) electrons. The van der Waals surface area contributed by atoms with Crippen LogP contribution in [0.2, 0.25) is 10.2 Å². The second-order valence-corrected chi connectivity index (χ2v) is 5.36. The predicted octanol–water partition coefficient (Wildman–Crippen LogP) is 4.59. The van der Waals surface area contributed by atoms with Gasteiger partial charge in [-0.15, -0.1) is 0 Å². The molecule has 1 aromatic heterocycles. The number of hydrogen-bond acceptors (Lipinski definition) is 2. The molecule has 2 nitrogen and oxygen atoms in total. The van der Waals surface area contributed by atoms with E-state index in [0.717, 1.165) is 15.6 Å². The average Bonchev–Trinajstić information content (AvgIpc) is 2.68. The Kier molecular flexibility index (Phi) is 4.15. The second kappa shape index (κ2) is 5.44. The van der Waals surface area contributed by atoms with Crippen LogP contribution in [-0.4, -0.2) is 0 Å². The van der Waals surface area contributed by atoms with Crippen molar-refractivity contribution in [2.45, 2.75) is 12.5 Å². The number of furan rings is 1. The summed E-state index contributed by atoms with van der Waals surface area (Å²) < 4.78 is 5.96. The molecule has 17 heavy (non-hydrogen) atoms. The van der Waals surface area contributed by atoms with Gasteiger partial charge in [0.1, 0.15) is 0 Å². The summed E-state index contributed by atoms with van der Waals surface area (Å²) in [5.74, 6) is 0. The lowest BCUT2D eigenvalue weighted by atomic mass is 10.0. The van der Waals surface area contributed by atoms with Gasteiger partial charge in [-0.25, -0.2) is 0 Å². The van der Waals surface area contributed by atoms with E-state index in [-0.39, 0.29) is 6.04 Å². The van der Waals surface area contributed by atoms with Gasteiger partial charge in [0, 0.05) is 21.1 Å². The van der Waals surface area contributed by atoms with Crippen molar-refractivity contribution in [1.82, 2.24) is 0 Å². The minimum Gasteiger partial charge on any atom is -0.453 e. The third-order valence-corrected chi connectivity index (χ3v) is 3.65. The van der Waals surface area contributed by atoms with E-state index in [9.17, 15) is 0 Å². The minimum absolute atomic E-state index is 0.222. The Morgan fingerprint density at radius 1 is 1.29 bits per heavy atom. The molecule has 0 bridgehead atoms. The third-order valence-electron chi connectivity index (χ3n) is 2.50. The highest BCUT2D eigenvalue weighted by Crippen LogP contribution is 2.28. The molecule has 0 aliphatic carbocycles. The Labute approximate surface area is 118 Å². The first-order valence-electron chi connectivity index (χ1n) is 5.00. The van der Waals surface area contributed by atoms with E-state index in [1.807, 2.05) is 18.2 Å². The van der Waals surface area contributed by atoms with Crippen LogP contribution in [0.25, 0.3) is 0 Å². The maximum atomic E-state index is 6.13. The number of hydrogen-bond donors (Lipinski definition) is 1. The lowest BCUT2D eigenvalue weighted by molar-refractivity contribution is 0.560. The summed E-state index contributed by atoms with van der Waals surface area (Å²) in [5, 5.41) is 1.03. The molecule has 2 rings (SSSR count). The van der Waals surface area contributed by atoms with E-state index in [1.165, 1.54) is 6.26 Å². The van der Waals surface area contributed by atoms with E-state index in [4.69, 9.17) is 33.4 Å². The summed E-state index contributed by atoms with van der Waals surface area (Å²) >= 11 is 15.4. The van der Waals surface area contributed by atoms with E-state index in [1.54, 1.807) is 6.07 Å². The number of rotatable bonds is 3. The monoisotopic (exact) mass is 333 g/mol. The Hall–Kier alpha value is -0.480. The minimum atomic E-state index is -0.222. The van der Waals surface area contributed by atoms with Crippen LogP contribution in [0.3, 0.4) is 0 Å². The van der Waals surface area contributed by atoms with Crippen LogP contribution < -0.4 is 5.73 Å². The fourth-order valence-electron chi connectivity index (χ4n) is 1.60. The molecule has 0 saturated heterocycles. The lowest BCUT2D eigenvalue weighted by Crippen LogP contribution is -2.13. The molecular formula is C12H10BrCl2NO. The summed E-state index contributed by atoms with van der Waals surface area (Å²) in [4.78, 5) is 0. The quantitative estimate of drug-likeness (QED) is 0.891. The number of benzene rings is 1. The van der Waals surface area contributed by atoms with Crippen molar-refractivity contribution in [2.24, 2.45) is 5.73 Å². The van der Waals surface area contributed by atoms with Crippen molar-refractivity contribution in [3.63, 3.8) is 0 Å². The van der Waals surface area contributed by atoms with Gasteiger partial charge in [-0.2, -0.15) is 0 Å². The molecule has 5 heteroatoms. The molecule has 0 saturated carbocycles. The summed E-state index contributed by atoms with van der Waals surface area (Å²) in [6.45, 7) is 0. The fraction of sp³-hybridized carbons (Fsp3) is 0.167. The van der Waals surface area contributed by atoms with Gasteiger partial charge in [-0.05, 0) is 41.8 Å². The van der Waals surface area contributed by atoms with Crippen molar-refractivity contribution in [3.05, 3.63) is 56.4 Å². The average molecular weight is 335 g/mol. The zero-order valence-electron chi connectivity index (χ0n) is 8.79. The highest BCUT2D eigenvalue weighted by Gasteiger charge is 2.14. The maximum Gasteiger partial charge on any atom is 0.197 e. The van der Waals surface area contributed by atoms with Gasteiger partial charge in [0.05, 0.1) is 6.26 Å². The van der Waals surface area contributed by atoms with Crippen molar-refractivity contribution >= 4 is 39.1 Å². The van der Waals surface area contributed by atoms with E-state index >= 15 is 0 Å². The van der Waals surface area contributed by atoms with E-state index in [2.05, 4.69) is 15.9 Å². The van der Waals surface area contributed by atoms with Crippen LogP contribution in [0.15, 0.2) is 39.4 Å². The smallest absolute Gasteiger partial charge is 0.197 e. The van der Waals surface area contributed by atoms with Crippen molar-refractivity contribution in [3.8, 4) is 0 Å². The topological polar surface area (TPSA) is 39.2 Å². The highest BCUT2D eigenvalue weighted by atomic mass is 79.9. The third kappa shape index (κ3) is 3.05. The molecule has 0 aliphatic rings. The Bertz CT molecular complexity index is 527. The molecule has 0 aliphatic heterocycles. The summed E-state index contributed by atoms with van der Waals surface area (Å²) in [6, 6.07) is 7.28. The van der Waals surface area contributed by atoms with Crippen LogP contribution in [0.4, 0.5) is 0 Å². The first-order valence-corrected chi connectivity index (χ1v) is 6.55. The van der Waals surface area contributed by atoms with Crippen LogP contribution in [0.1, 0.15) is 17.2 Å². The van der Waals surface area contributed by atoms with Crippen LogP contribution in [0, 0.1) is 0 Å². The lowest BCUT2D eigenvalue weighted by Gasteiger charge is -2.11. The molecule has 1 heterocycles. The molecule has 1 atom stereocenters. The van der Waals surface area contributed by atoms with Crippen molar-refractivity contribution in [2.75, 3.05) is 0 Å². The number of halogens is 3. The first-order chi connectivity index (χ1) is 8.08. The normalized spacial score (nSPS) is 12.7. The van der Waals surface area contributed by atoms with Gasteiger partial charge in [-0.1, -0.05) is 33.6 Å². The van der Waals surface area contributed by atoms with Crippen LogP contribution in [-0.2, 0) is 6.42 Å². The number of nitrogens with two attached hydrogens (primary N) is 1. The predicted molar refractivity (Wildman–Crippen MR) is 73.5 cm³/mol. The Morgan fingerprint density at radius 3 is 2.65 bits per heavy atom. The van der Waals surface area contributed by atoms with Gasteiger partial charge in [0.15, 0.2) is 5.22 Å². The largest absolute Gasteiger partial charge is 0.453 e. The molecular weight excluding hydrogens is 325 g/mol. The van der Waals surface area contributed by atoms with E-state index in [0.29, 0.717) is 16.7 Å². The Morgan fingerprint density at radius 2 is 2.06 bits per heavy atom. The van der Waals surface area contributed by atoms with Gasteiger partial charge in [0.2, 0.25) is 0 Å². The molecule has 0 fully saturated rings. The van der Waals surface area contributed by atoms with Crippen LogP contribution in [0.5, 0.6) is 0 Å². The highest BCUT2D eigenvalue weighted by molar-refractivity contribution is 9.10. The SMILES string of the molecule is NC(Cc1ccc(Br)cc1Cl)c1ccoc1Cl. The van der Waals surface area contributed by atoms with E-state index < -0.39 is 0 Å². The standard InChI is InChI=1S/C12H10BrCl2NO/c13-8-2-1-7(10(14)6-8)5-11(16)9-3-4-17-12(9)15/h1-4,6,11H,5,16H2. The zero-order valence-corrected chi connectivity index (χ0v) is 11.9. The molecule has 2 N–H and O–H groups in total. The van der Waals surface area contributed by atoms with Gasteiger partial charge < -0.3 is 10.2 Å². The summed E-state index contributed by atoms with van der Waals surface area (Å²) in [5.41, 5.74) is 7.85. The maximum absolute atomic E-state index is 6.13. The first kappa shape index (κ1) is 13.0. The Balaban J connectivity index is 2.19. The molecule has 1 unspecified atom stereocenters. The molecule has 0 amide bonds. The fourth-order valence-corrected chi connectivity index (χ4v) is 2.61. The molecule has 2 aromatic rings. The van der Waals surface area contributed by atoms with Crippen LogP contribution >= 0.6 is 39.1 Å². The molecule has 1 aromatic carbocycles. The van der Waals surface area contributed by atoms with Crippen molar-refractivity contribution in [1.29, 1.82) is 0 Å². The second-order valence-electron chi connectivity index (χ2n) is 3.70. The van der Waals surface area contributed by atoms with Gasteiger partial charge in [0.25, 0.3) is 0 Å². The van der Waals surface area contributed by atoms with Crippen molar-refractivity contribution < 1.29 is 4.42 Å². The molecule has 90 valence electrons. The molecule has 0 spiro atoms. The summed E-state index contributed by atoms with van der Waals surface area (Å²) in [6.07, 6.45) is 2.14. The zero-order chi connectivity index (χ0) is 12.4. The van der Waals surface area contributed by atoms with Gasteiger partial charge in [-0.3, -0.25) is 0 Å². The summed E-state index contributed by atoms with van der Waals surface area (Å²) in [7, 11) is 0. The van der Waals surface area contributed by atoms with Gasteiger partial charge >= 0.3 is 0 Å².